The van der Waals surface area contributed by atoms with Crippen molar-refractivity contribution in [2.75, 3.05) is 5.32 Å². The van der Waals surface area contributed by atoms with E-state index in [1.54, 1.807) is 18.7 Å². The van der Waals surface area contributed by atoms with Gasteiger partial charge >= 0.3 is 0 Å². The summed E-state index contributed by atoms with van der Waals surface area (Å²) in [6.45, 7) is 0. The van der Waals surface area contributed by atoms with Crippen molar-refractivity contribution < 1.29 is 4.42 Å². The van der Waals surface area contributed by atoms with Crippen LogP contribution in [-0.4, -0.2) is 20.4 Å². The smallest absolute Gasteiger partial charge is 0.157 e. The Morgan fingerprint density at radius 2 is 2.14 bits per heavy atom. The number of halogens is 1. The van der Waals surface area contributed by atoms with Crippen LogP contribution >= 0.6 is 15.9 Å². The summed E-state index contributed by atoms with van der Waals surface area (Å²) in [6, 6.07) is 2.44. The van der Waals surface area contributed by atoms with E-state index >= 15 is 0 Å². The number of nitrogens with zero attached hydrogens (tertiary/aromatic N) is 3. The summed E-state index contributed by atoms with van der Waals surface area (Å²) in [4.78, 5) is 8.85. The first-order chi connectivity index (χ1) is 10.8. The molecule has 4 rings (SSSR count). The zero-order valence-electron chi connectivity index (χ0n) is 12.1. The van der Waals surface area contributed by atoms with Crippen LogP contribution in [0.2, 0.25) is 0 Å². The molecule has 1 aliphatic carbocycles. The summed E-state index contributed by atoms with van der Waals surface area (Å²) in [5, 5.41) is 3.68. The first kappa shape index (κ1) is 13.8. The van der Waals surface area contributed by atoms with Crippen LogP contribution in [0.3, 0.4) is 0 Å². The van der Waals surface area contributed by atoms with Gasteiger partial charge in [-0.1, -0.05) is 19.3 Å². The van der Waals surface area contributed by atoms with Crippen LogP contribution in [-0.2, 0) is 0 Å². The molecule has 0 radical (unpaired) electrons. The first-order valence-electron chi connectivity index (χ1n) is 7.64. The van der Waals surface area contributed by atoms with Crippen LogP contribution in [0.4, 0.5) is 5.82 Å². The Morgan fingerprint density at radius 3 is 2.91 bits per heavy atom. The molecule has 0 unspecified atom stereocenters. The second-order valence-electron chi connectivity index (χ2n) is 5.72. The molecule has 22 heavy (non-hydrogen) atoms. The monoisotopic (exact) mass is 360 g/mol. The first-order valence-corrected chi connectivity index (χ1v) is 8.43. The van der Waals surface area contributed by atoms with Gasteiger partial charge in [0, 0.05) is 24.5 Å². The Kier molecular flexibility index (Phi) is 3.62. The van der Waals surface area contributed by atoms with Crippen molar-refractivity contribution in [3.8, 4) is 11.5 Å². The fraction of sp³-hybridized carbons (Fsp3) is 0.375. The van der Waals surface area contributed by atoms with Gasteiger partial charge in [0.05, 0.1) is 10.7 Å². The molecule has 0 saturated heterocycles. The highest BCUT2D eigenvalue weighted by molar-refractivity contribution is 9.10. The van der Waals surface area contributed by atoms with E-state index < -0.39 is 0 Å². The van der Waals surface area contributed by atoms with E-state index in [2.05, 4.69) is 31.2 Å². The molecule has 1 fully saturated rings. The molecule has 6 heteroatoms. The van der Waals surface area contributed by atoms with Crippen molar-refractivity contribution in [3.63, 3.8) is 0 Å². The molecule has 1 aliphatic rings. The van der Waals surface area contributed by atoms with E-state index in [-0.39, 0.29) is 0 Å². The molecule has 1 saturated carbocycles. The standard InChI is InChI=1S/C16H17BrN4O/c17-11-8-13(22-10-11)15-16(19-12-4-2-1-3-5-12)21-7-6-18-9-14(21)20-15/h6-10,12,19H,1-5H2. The average Bonchev–Trinajstić information content (AvgIpc) is 3.13. The second-order valence-corrected chi connectivity index (χ2v) is 6.64. The van der Waals surface area contributed by atoms with Crippen molar-refractivity contribution in [2.24, 2.45) is 0 Å². The molecule has 0 aliphatic heterocycles. The van der Waals surface area contributed by atoms with Crippen molar-refractivity contribution in [3.05, 3.63) is 35.4 Å². The zero-order chi connectivity index (χ0) is 14.9. The highest BCUT2D eigenvalue weighted by Crippen LogP contribution is 2.33. The lowest BCUT2D eigenvalue weighted by Crippen LogP contribution is -2.23. The molecular formula is C16H17BrN4O. The van der Waals surface area contributed by atoms with Gasteiger partial charge in [-0.15, -0.1) is 0 Å². The van der Waals surface area contributed by atoms with E-state index in [1.165, 1.54) is 32.1 Å². The van der Waals surface area contributed by atoms with Gasteiger partial charge in [0.25, 0.3) is 0 Å². The van der Waals surface area contributed by atoms with Crippen LogP contribution < -0.4 is 5.32 Å². The lowest BCUT2D eigenvalue weighted by Gasteiger charge is -2.23. The van der Waals surface area contributed by atoms with Crippen LogP contribution in [0, 0.1) is 0 Å². The minimum Gasteiger partial charge on any atom is -0.461 e. The largest absolute Gasteiger partial charge is 0.461 e. The van der Waals surface area contributed by atoms with Crippen molar-refractivity contribution in [1.29, 1.82) is 0 Å². The average molecular weight is 361 g/mol. The highest BCUT2D eigenvalue weighted by Gasteiger charge is 2.21. The predicted molar refractivity (Wildman–Crippen MR) is 88.9 cm³/mol. The maximum Gasteiger partial charge on any atom is 0.157 e. The Bertz CT molecular complexity index is 788. The van der Waals surface area contributed by atoms with Gasteiger partial charge in [-0.05, 0) is 28.8 Å². The summed E-state index contributed by atoms with van der Waals surface area (Å²) >= 11 is 3.44. The Morgan fingerprint density at radius 1 is 1.27 bits per heavy atom. The molecule has 3 aromatic heterocycles. The summed E-state index contributed by atoms with van der Waals surface area (Å²) in [5.41, 5.74) is 1.66. The molecule has 3 heterocycles. The number of nitrogens with one attached hydrogen (secondary N) is 1. The Balaban J connectivity index is 1.79. The minimum absolute atomic E-state index is 0.499. The number of fused-ring (bicyclic) bond motifs is 1. The van der Waals surface area contributed by atoms with Gasteiger partial charge in [-0.3, -0.25) is 9.38 Å². The van der Waals surface area contributed by atoms with Gasteiger partial charge in [0.15, 0.2) is 11.4 Å². The lowest BCUT2D eigenvalue weighted by molar-refractivity contribution is 0.461. The van der Waals surface area contributed by atoms with Crippen LogP contribution in [0.15, 0.2) is 39.8 Å². The lowest BCUT2D eigenvalue weighted by atomic mass is 9.95. The van der Waals surface area contributed by atoms with Crippen molar-refractivity contribution >= 4 is 27.4 Å². The van der Waals surface area contributed by atoms with Crippen LogP contribution in [0.1, 0.15) is 32.1 Å². The van der Waals surface area contributed by atoms with Gasteiger partial charge in [-0.25, -0.2) is 4.98 Å². The number of hydrogen-bond donors (Lipinski definition) is 1. The third-order valence-corrected chi connectivity index (χ3v) is 4.59. The van der Waals surface area contributed by atoms with E-state index in [4.69, 9.17) is 4.42 Å². The number of anilines is 1. The minimum atomic E-state index is 0.499. The Hall–Kier alpha value is -1.82. The Labute approximate surface area is 136 Å². The molecule has 3 aromatic rings. The highest BCUT2D eigenvalue weighted by atomic mass is 79.9. The summed E-state index contributed by atoms with van der Waals surface area (Å²) in [7, 11) is 0. The molecule has 114 valence electrons. The molecule has 0 amide bonds. The maximum absolute atomic E-state index is 5.63. The molecule has 1 N–H and O–H groups in total. The van der Waals surface area contributed by atoms with Crippen molar-refractivity contribution in [2.45, 2.75) is 38.1 Å². The van der Waals surface area contributed by atoms with E-state index in [0.29, 0.717) is 6.04 Å². The fourth-order valence-corrected chi connectivity index (χ4v) is 3.40. The molecule has 0 bridgehead atoms. The number of rotatable bonds is 3. The van der Waals surface area contributed by atoms with E-state index in [1.807, 2.05) is 16.7 Å². The van der Waals surface area contributed by atoms with Gasteiger partial charge in [0.2, 0.25) is 0 Å². The number of hydrogen-bond acceptors (Lipinski definition) is 4. The van der Waals surface area contributed by atoms with E-state index in [0.717, 1.165) is 27.4 Å². The maximum atomic E-state index is 5.63. The molecule has 0 aromatic carbocycles. The summed E-state index contributed by atoms with van der Waals surface area (Å²) < 4.78 is 8.59. The summed E-state index contributed by atoms with van der Waals surface area (Å²) in [6.07, 6.45) is 13.5. The van der Waals surface area contributed by atoms with Crippen molar-refractivity contribution in [1.82, 2.24) is 14.4 Å². The third-order valence-electron chi connectivity index (χ3n) is 4.18. The molecule has 0 spiro atoms. The third kappa shape index (κ3) is 2.52. The molecule has 5 nitrogen and oxygen atoms in total. The van der Waals surface area contributed by atoms with Gasteiger partial charge in [-0.2, -0.15) is 0 Å². The quantitative estimate of drug-likeness (QED) is 0.747. The van der Waals surface area contributed by atoms with Gasteiger partial charge < -0.3 is 9.73 Å². The second kappa shape index (κ2) is 5.76. The number of furan rings is 1. The van der Waals surface area contributed by atoms with Gasteiger partial charge in [0.1, 0.15) is 17.8 Å². The van der Waals surface area contributed by atoms with Crippen LogP contribution in [0.25, 0.3) is 17.1 Å². The number of imidazole rings is 1. The SMILES string of the molecule is Brc1coc(-c2nc3cnccn3c2NC2CCCCC2)c1. The van der Waals surface area contributed by atoms with Crippen LogP contribution in [0.5, 0.6) is 0 Å². The predicted octanol–water partition coefficient (Wildman–Crippen LogP) is 4.50. The normalized spacial score (nSPS) is 16.2. The molecular weight excluding hydrogens is 344 g/mol. The fourth-order valence-electron chi connectivity index (χ4n) is 3.09. The zero-order valence-corrected chi connectivity index (χ0v) is 13.7. The number of aromatic nitrogens is 3. The van der Waals surface area contributed by atoms with E-state index in [9.17, 15) is 0 Å². The topological polar surface area (TPSA) is 55.4 Å². The molecule has 0 atom stereocenters. The summed E-state index contributed by atoms with van der Waals surface area (Å²) in [5.74, 6) is 1.75.